The molecular weight excluding hydrogens is 216 g/mol. The van der Waals surface area contributed by atoms with Gasteiger partial charge in [-0.25, -0.2) is 13.6 Å². The van der Waals surface area contributed by atoms with Gasteiger partial charge in [0.1, 0.15) is 0 Å². The maximum Gasteiger partial charge on any atom is 0.209 e. The Morgan fingerprint density at radius 1 is 1.47 bits per heavy atom. The summed E-state index contributed by atoms with van der Waals surface area (Å²) in [5.74, 6) is 0.0610. The quantitative estimate of drug-likeness (QED) is 0.732. The van der Waals surface area contributed by atoms with Gasteiger partial charge in [-0.05, 0) is 26.8 Å². The van der Waals surface area contributed by atoms with Crippen LogP contribution in [-0.4, -0.2) is 50.9 Å². The molecule has 5 nitrogen and oxygen atoms in total. The van der Waals surface area contributed by atoms with E-state index < -0.39 is 10.0 Å². The number of nitrogens with two attached hydrogens (primary N) is 1. The van der Waals surface area contributed by atoms with Crippen molar-refractivity contribution in [3.63, 3.8) is 0 Å². The van der Waals surface area contributed by atoms with Crippen LogP contribution in [0.15, 0.2) is 0 Å². The van der Waals surface area contributed by atoms with Crippen molar-refractivity contribution < 1.29 is 13.2 Å². The van der Waals surface area contributed by atoms with Gasteiger partial charge in [-0.2, -0.15) is 0 Å². The largest absolute Gasteiger partial charge is 0.376 e. The molecule has 0 bridgehead atoms. The first-order valence-electron chi connectivity index (χ1n) is 5.24. The Balaban J connectivity index is 2.30. The second-order valence-corrected chi connectivity index (χ2v) is 5.94. The summed E-state index contributed by atoms with van der Waals surface area (Å²) in [5, 5.41) is 4.94. The predicted molar refractivity (Wildman–Crippen MR) is 59.0 cm³/mol. The lowest BCUT2D eigenvalue weighted by Gasteiger charge is -2.36. The van der Waals surface area contributed by atoms with Crippen LogP contribution in [0.25, 0.3) is 0 Å². The Morgan fingerprint density at radius 2 is 2.13 bits per heavy atom. The molecule has 15 heavy (non-hydrogen) atoms. The van der Waals surface area contributed by atoms with Crippen LogP contribution in [0.1, 0.15) is 20.3 Å². The van der Waals surface area contributed by atoms with Crippen LogP contribution in [0.2, 0.25) is 0 Å². The fourth-order valence-electron chi connectivity index (χ4n) is 1.75. The Labute approximate surface area is 91.6 Å². The van der Waals surface area contributed by atoms with E-state index in [0.29, 0.717) is 12.5 Å². The summed E-state index contributed by atoms with van der Waals surface area (Å²) in [7, 11) is -3.31. The molecule has 6 heteroatoms. The lowest BCUT2D eigenvalue weighted by molar-refractivity contribution is -0.0490. The Kier molecular flexibility index (Phi) is 4.51. The molecule has 2 N–H and O–H groups in total. The molecule has 2 atom stereocenters. The normalized spacial score (nSPS) is 29.3. The molecule has 0 aliphatic carbocycles. The average molecular weight is 236 g/mol. The fourth-order valence-corrected chi connectivity index (χ4v) is 2.28. The van der Waals surface area contributed by atoms with Crippen molar-refractivity contribution in [2.24, 2.45) is 5.14 Å². The number of primary sulfonamides is 1. The Morgan fingerprint density at radius 3 is 2.73 bits per heavy atom. The van der Waals surface area contributed by atoms with Crippen molar-refractivity contribution in [1.29, 1.82) is 0 Å². The summed E-state index contributed by atoms with van der Waals surface area (Å²) in [6.07, 6.45) is 0.825. The molecule has 0 aromatic carbocycles. The minimum Gasteiger partial charge on any atom is -0.376 e. The highest BCUT2D eigenvalue weighted by Gasteiger charge is 2.22. The minimum atomic E-state index is -3.31. The number of rotatable bonds is 4. The third-order valence-electron chi connectivity index (χ3n) is 2.61. The molecule has 1 aliphatic rings. The summed E-state index contributed by atoms with van der Waals surface area (Å²) in [5.41, 5.74) is 0. The van der Waals surface area contributed by atoms with Gasteiger partial charge in [0, 0.05) is 12.6 Å². The highest BCUT2D eigenvalue weighted by Crippen LogP contribution is 2.11. The van der Waals surface area contributed by atoms with Gasteiger partial charge in [0.25, 0.3) is 0 Å². The smallest absolute Gasteiger partial charge is 0.209 e. The predicted octanol–water partition coefficient (Wildman–Crippen LogP) is -0.226. The van der Waals surface area contributed by atoms with E-state index in [4.69, 9.17) is 9.88 Å². The molecule has 2 unspecified atom stereocenters. The van der Waals surface area contributed by atoms with E-state index in [1.54, 1.807) is 0 Å². The van der Waals surface area contributed by atoms with Gasteiger partial charge in [-0.15, -0.1) is 0 Å². The summed E-state index contributed by atoms with van der Waals surface area (Å²) in [6, 6.07) is 0.363. The molecule has 1 heterocycles. The molecule has 1 saturated heterocycles. The SMILES string of the molecule is CC1CN(CCCS(N)(=O)=O)C(C)CO1. The summed E-state index contributed by atoms with van der Waals surface area (Å²) in [6.45, 7) is 6.47. The van der Waals surface area contributed by atoms with E-state index in [2.05, 4.69) is 11.8 Å². The fraction of sp³-hybridized carbons (Fsp3) is 1.00. The van der Waals surface area contributed by atoms with Crippen molar-refractivity contribution in [2.45, 2.75) is 32.4 Å². The molecule has 0 radical (unpaired) electrons. The number of morpholine rings is 1. The van der Waals surface area contributed by atoms with Crippen molar-refractivity contribution >= 4 is 10.0 Å². The van der Waals surface area contributed by atoms with E-state index in [1.807, 2.05) is 6.92 Å². The zero-order valence-electron chi connectivity index (χ0n) is 9.35. The lowest BCUT2D eigenvalue weighted by Crippen LogP contribution is -2.47. The van der Waals surface area contributed by atoms with Gasteiger partial charge in [0.2, 0.25) is 10.0 Å². The first-order valence-corrected chi connectivity index (χ1v) is 6.96. The molecule has 1 aliphatic heterocycles. The maximum atomic E-state index is 10.8. The standard InChI is InChI=1S/C9H20N2O3S/c1-8-7-14-9(2)6-11(8)4-3-5-15(10,12)13/h8-9H,3-7H2,1-2H3,(H2,10,12,13). The van der Waals surface area contributed by atoms with Crippen LogP contribution in [-0.2, 0) is 14.8 Å². The second-order valence-electron chi connectivity index (χ2n) is 4.21. The molecule has 0 aromatic rings. The van der Waals surface area contributed by atoms with Gasteiger partial charge in [-0.1, -0.05) is 0 Å². The summed E-state index contributed by atoms with van der Waals surface area (Å²) in [4.78, 5) is 2.25. The van der Waals surface area contributed by atoms with Gasteiger partial charge in [0.15, 0.2) is 0 Å². The van der Waals surface area contributed by atoms with E-state index in [1.165, 1.54) is 0 Å². The molecule has 0 spiro atoms. The number of hydrogen-bond acceptors (Lipinski definition) is 4. The molecule has 90 valence electrons. The summed E-state index contributed by atoms with van der Waals surface area (Å²) >= 11 is 0. The third kappa shape index (κ3) is 4.92. The average Bonchev–Trinajstić information content (AvgIpc) is 2.09. The Bertz CT molecular complexity index is 292. The van der Waals surface area contributed by atoms with Crippen molar-refractivity contribution in [3.8, 4) is 0 Å². The van der Waals surface area contributed by atoms with Crippen LogP contribution >= 0.6 is 0 Å². The zero-order chi connectivity index (χ0) is 11.5. The number of sulfonamides is 1. The van der Waals surface area contributed by atoms with E-state index >= 15 is 0 Å². The van der Waals surface area contributed by atoms with Gasteiger partial charge >= 0.3 is 0 Å². The third-order valence-corrected chi connectivity index (χ3v) is 3.47. The molecule has 0 amide bonds. The monoisotopic (exact) mass is 236 g/mol. The van der Waals surface area contributed by atoms with Crippen molar-refractivity contribution in [3.05, 3.63) is 0 Å². The van der Waals surface area contributed by atoms with E-state index in [0.717, 1.165) is 19.7 Å². The van der Waals surface area contributed by atoms with Crippen molar-refractivity contribution in [2.75, 3.05) is 25.4 Å². The van der Waals surface area contributed by atoms with Gasteiger partial charge < -0.3 is 4.74 Å². The number of ether oxygens (including phenoxy) is 1. The molecule has 1 rings (SSSR count). The number of hydrogen-bond donors (Lipinski definition) is 1. The Hall–Kier alpha value is -0.170. The van der Waals surface area contributed by atoms with Crippen LogP contribution < -0.4 is 5.14 Å². The van der Waals surface area contributed by atoms with E-state index in [9.17, 15) is 8.42 Å². The molecule has 0 aromatic heterocycles. The first kappa shape index (κ1) is 12.9. The lowest BCUT2D eigenvalue weighted by atomic mass is 10.2. The minimum absolute atomic E-state index is 0.0610. The van der Waals surface area contributed by atoms with Crippen LogP contribution in [0.4, 0.5) is 0 Å². The maximum absolute atomic E-state index is 10.8. The topological polar surface area (TPSA) is 72.6 Å². The van der Waals surface area contributed by atoms with E-state index in [-0.39, 0.29) is 11.9 Å². The second kappa shape index (κ2) is 5.25. The molecule has 0 saturated carbocycles. The zero-order valence-corrected chi connectivity index (χ0v) is 10.2. The van der Waals surface area contributed by atoms with Crippen LogP contribution in [0, 0.1) is 0 Å². The van der Waals surface area contributed by atoms with Crippen molar-refractivity contribution in [1.82, 2.24) is 4.90 Å². The summed E-state index contributed by atoms with van der Waals surface area (Å²) < 4.78 is 27.0. The van der Waals surface area contributed by atoms with Gasteiger partial charge in [0.05, 0.1) is 18.5 Å². The van der Waals surface area contributed by atoms with Crippen LogP contribution in [0.5, 0.6) is 0 Å². The highest BCUT2D eigenvalue weighted by molar-refractivity contribution is 7.89. The van der Waals surface area contributed by atoms with Crippen LogP contribution in [0.3, 0.4) is 0 Å². The number of nitrogens with zero attached hydrogens (tertiary/aromatic N) is 1. The molecular formula is C9H20N2O3S. The highest BCUT2D eigenvalue weighted by atomic mass is 32.2. The molecule has 1 fully saturated rings. The first-order chi connectivity index (χ1) is 6.88. The van der Waals surface area contributed by atoms with Gasteiger partial charge in [-0.3, -0.25) is 4.90 Å².